The maximum atomic E-state index is 2.42. The van der Waals surface area contributed by atoms with E-state index in [0.29, 0.717) is 0 Å². The maximum absolute atomic E-state index is 2.42. The molecule has 0 N–H and O–H groups in total. The maximum Gasteiger partial charge on any atom is -0.0111 e. The minimum atomic E-state index is 1.03. The van der Waals surface area contributed by atoms with Crippen LogP contribution in [0.15, 0.2) is 97.1 Å². The zero-order chi connectivity index (χ0) is 23.9. The molecule has 0 heteroatoms. The normalized spacial score (nSPS) is 17.4. The highest BCUT2D eigenvalue weighted by atomic mass is 14.2. The molecule has 172 valence electrons. The zero-order valence-corrected chi connectivity index (χ0v) is 20.4. The Bertz CT molecular complexity index is 1500. The molecule has 0 radical (unpaired) electrons. The average molecular weight is 461 g/mol. The number of aryl methyl sites for hydroxylation is 4. The van der Waals surface area contributed by atoms with Crippen molar-refractivity contribution in [3.63, 3.8) is 0 Å². The van der Waals surface area contributed by atoms with Gasteiger partial charge < -0.3 is 0 Å². The summed E-state index contributed by atoms with van der Waals surface area (Å²) in [7, 11) is 0. The lowest BCUT2D eigenvalue weighted by atomic mass is 9.89. The largest absolute Gasteiger partial charge is 0.0616 e. The second-order valence-electron chi connectivity index (χ2n) is 10.1. The van der Waals surface area contributed by atoms with Gasteiger partial charge in [-0.2, -0.15) is 0 Å². The highest BCUT2D eigenvalue weighted by Gasteiger charge is 2.14. The SMILES string of the molecule is C1=Cc2ccccc2/C1=C\c1cc2ccc1CCc1ccc(cc1/C=C1\C=Cc3ccccc31)CC2. The van der Waals surface area contributed by atoms with Gasteiger partial charge in [-0.25, -0.2) is 0 Å². The summed E-state index contributed by atoms with van der Waals surface area (Å²) < 4.78 is 0. The molecule has 0 nitrogen and oxygen atoms in total. The number of hydrogen-bond donors (Lipinski definition) is 0. The number of rotatable bonds is 2. The van der Waals surface area contributed by atoms with Crippen molar-refractivity contribution in [3.8, 4) is 0 Å². The fraction of sp³-hybridized carbons (Fsp3) is 0.111. The van der Waals surface area contributed by atoms with E-state index in [2.05, 4.69) is 121 Å². The molecule has 0 amide bonds. The van der Waals surface area contributed by atoms with Crippen LogP contribution < -0.4 is 0 Å². The van der Waals surface area contributed by atoms with Crippen LogP contribution in [0.4, 0.5) is 0 Å². The van der Waals surface area contributed by atoms with Crippen LogP contribution in [0.3, 0.4) is 0 Å². The third-order valence-corrected chi connectivity index (χ3v) is 7.84. The van der Waals surface area contributed by atoms with Gasteiger partial charge in [0.25, 0.3) is 0 Å². The summed E-state index contributed by atoms with van der Waals surface area (Å²) in [6.07, 6.45) is 18.0. The molecule has 0 unspecified atom stereocenters. The van der Waals surface area contributed by atoms with Crippen molar-refractivity contribution in [2.45, 2.75) is 25.7 Å². The van der Waals surface area contributed by atoms with Crippen molar-refractivity contribution in [2.75, 3.05) is 0 Å². The number of hydrogen-bond acceptors (Lipinski definition) is 0. The Morgan fingerprint density at radius 2 is 0.917 bits per heavy atom. The smallest absolute Gasteiger partial charge is 0.0111 e. The Hall–Kier alpha value is -4.16. The summed E-state index contributed by atoms with van der Waals surface area (Å²) in [5.41, 5.74) is 16.4. The molecule has 0 saturated heterocycles. The lowest BCUT2D eigenvalue weighted by molar-refractivity contribution is 0.917. The second-order valence-corrected chi connectivity index (χ2v) is 10.1. The third kappa shape index (κ3) is 3.89. The van der Waals surface area contributed by atoms with Crippen LogP contribution in [0.2, 0.25) is 0 Å². The topological polar surface area (TPSA) is 0 Å². The Kier molecular flexibility index (Phi) is 5.17. The molecule has 10 rings (SSSR count). The number of allylic oxidation sites excluding steroid dienone is 4. The highest BCUT2D eigenvalue weighted by Crippen LogP contribution is 2.34. The molecule has 0 saturated carbocycles. The summed E-state index contributed by atoms with van der Waals surface area (Å²) in [4.78, 5) is 0. The van der Waals surface area contributed by atoms with E-state index in [-0.39, 0.29) is 0 Å². The van der Waals surface area contributed by atoms with E-state index in [1.807, 2.05) is 0 Å². The van der Waals surface area contributed by atoms with Gasteiger partial charge in [-0.05, 0) is 105 Å². The molecular formula is C36H28. The van der Waals surface area contributed by atoms with Gasteiger partial charge in [0.15, 0.2) is 0 Å². The first-order valence-electron chi connectivity index (χ1n) is 13.0. The van der Waals surface area contributed by atoms with Crippen LogP contribution in [0.25, 0.3) is 35.5 Å². The predicted molar refractivity (Wildman–Crippen MR) is 154 cm³/mol. The second kappa shape index (κ2) is 8.81. The van der Waals surface area contributed by atoms with Crippen LogP contribution in [-0.4, -0.2) is 0 Å². The molecule has 0 spiro atoms. The molecular weight excluding hydrogens is 432 g/mol. The van der Waals surface area contributed by atoms with E-state index < -0.39 is 0 Å². The minimum Gasteiger partial charge on any atom is -0.0616 e. The predicted octanol–water partition coefficient (Wildman–Crippen LogP) is 8.71. The van der Waals surface area contributed by atoms with Crippen LogP contribution in [0, 0.1) is 0 Å². The molecule has 4 aromatic carbocycles. The zero-order valence-electron chi connectivity index (χ0n) is 20.4. The first-order chi connectivity index (χ1) is 17.8. The van der Waals surface area contributed by atoms with E-state index >= 15 is 0 Å². The van der Waals surface area contributed by atoms with E-state index in [1.54, 1.807) is 0 Å². The van der Waals surface area contributed by atoms with Crippen LogP contribution in [0.5, 0.6) is 0 Å². The standard InChI is InChI=1S/C36H28/c1-3-7-35-29(5-1)17-19-31(35)23-33-21-25-9-10-26-12-14-28(16-15-27(33)13-11-25)34(22-26)24-32-20-18-30-6-2-4-8-36(30)32/h1-8,11-14,17-24H,9-10,15-16H2/b31-23-,32-24+. The summed E-state index contributed by atoms with van der Waals surface area (Å²) in [6, 6.07) is 31.7. The average Bonchev–Trinajstić information content (AvgIpc) is 3.51. The molecule has 0 fully saturated rings. The van der Waals surface area contributed by atoms with Crippen molar-refractivity contribution in [3.05, 3.63) is 153 Å². The molecule has 0 heterocycles. The summed E-state index contributed by atoms with van der Waals surface area (Å²) in [6.45, 7) is 0. The Balaban J connectivity index is 1.26. The number of fused-ring (bicyclic) bond motifs is 2. The van der Waals surface area contributed by atoms with Crippen LogP contribution >= 0.6 is 0 Å². The van der Waals surface area contributed by atoms with E-state index in [0.717, 1.165) is 25.7 Å². The fourth-order valence-corrected chi connectivity index (χ4v) is 5.82. The molecule has 0 atom stereocenters. The number of benzene rings is 4. The first-order valence-corrected chi connectivity index (χ1v) is 13.0. The molecule has 4 bridgehead atoms. The van der Waals surface area contributed by atoms with Gasteiger partial charge in [-0.15, -0.1) is 0 Å². The van der Waals surface area contributed by atoms with E-state index in [1.165, 1.54) is 66.8 Å². The fourth-order valence-electron chi connectivity index (χ4n) is 5.82. The van der Waals surface area contributed by atoms with Gasteiger partial charge in [0.05, 0.1) is 0 Å². The van der Waals surface area contributed by atoms with Gasteiger partial charge >= 0.3 is 0 Å². The van der Waals surface area contributed by atoms with Crippen molar-refractivity contribution in [1.29, 1.82) is 0 Å². The third-order valence-electron chi connectivity index (χ3n) is 7.84. The summed E-state index contributed by atoms with van der Waals surface area (Å²) in [5, 5.41) is 0. The Morgan fingerprint density at radius 3 is 1.42 bits per heavy atom. The van der Waals surface area contributed by atoms with Gasteiger partial charge in [0.1, 0.15) is 0 Å². The lowest BCUT2D eigenvalue weighted by Crippen LogP contribution is -2.02. The molecule has 0 aromatic heterocycles. The van der Waals surface area contributed by atoms with Crippen molar-refractivity contribution < 1.29 is 0 Å². The van der Waals surface area contributed by atoms with Crippen molar-refractivity contribution >= 4 is 35.5 Å². The molecule has 36 heavy (non-hydrogen) atoms. The summed E-state index contributed by atoms with van der Waals surface area (Å²) in [5.74, 6) is 0. The lowest BCUT2D eigenvalue weighted by Gasteiger charge is -2.16. The molecule has 6 aliphatic carbocycles. The minimum absolute atomic E-state index is 1.03. The molecule has 0 aliphatic heterocycles. The van der Waals surface area contributed by atoms with E-state index in [4.69, 9.17) is 0 Å². The van der Waals surface area contributed by atoms with Gasteiger partial charge in [-0.1, -0.05) is 109 Å². The Labute approximate surface area is 213 Å². The van der Waals surface area contributed by atoms with Gasteiger partial charge in [-0.3, -0.25) is 0 Å². The van der Waals surface area contributed by atoms with Crippen LogP contribution in [0.1, 0.15) is 55.6 Å². The summed E-state index contributed by atoms with van der Waals surface area (Å²) >= 11 is 0. The van der Waals surface area contributed by atoms with Crippen molar-refractivity contribution in [1.82, 2.24) is 0 Å². The Morgan fingerprint density at radius 1 is 0.444 bits per heavy atom. The van der Waals surface area contributed by atoms with Gasteiger partial charge in [0.2, 0.25) is 0 Å². The monoisotopic (exact) mass is 460 g/mol. The van der Waals surface area contributed by atoms with Gasteiger partial charge in [0, 0.05) is 0 Å². The van der Waals surface area contributed by atoms with Crippen LogP contribution in [-0.2, 0) is 25.7 Å². The molecule has 6 aliphatic rings. The highest BCUT2D eigenvalue weighted by molar-refractivity contribution is 5.99. The quantitative estimate of drug-likeness (QED) is 0.281. The first kappa shape index (κ1) is 21.1. The van der Waals surface area contributed by atoms with E-state index in [9.17, 15) is 0 Å². The van der Waals surface area contributed by atoms with Crippen molar-refractivity contribution in [2.24, 2.45) is 0 Å². The molecule has 4 aromatic rings.